The van der Waals surface area contributed by atoms with Gasteiger partial charge in [0, 0.05) is 11.3 Å². The predicted molar refractivity (Wildman–Crippen MR) is 85.7 cm³/mol. The third-order valence-electron chi connectivity index (χ3n) is 2.92. The van der Waals surface area contributed by atoms with Crippen LogP contribution < -0.4 is 5.73 Å². The average molecular weight is 335 g/mol. The summed E-state index contributed by atoms with van der Waals surface area (Å²) in [5, 5.41) is 1.53. The number of rotatable bonds is 2. The van der Waals surface area contributed by atoms with Crippen molar-refractivity contribution in [3.05, 3.63) is 49.9 Å². The first-order chi connectivity index (χ1) is 8.95. The van der Waals surface area contributed by atoms with Gasteiger partial charge in [0.25, 0.3) is 0 Å². The predicted octanol–water partition coefficient (Wildman–Crippen LogP) is 6.11. The van der Waals surface area contributed by atoms with Crippen LogP contribution in [0.3, 0.4) is 0 Å². The molecule has 2 N–H and O–H groups in total. The minimum Gasteiger partial charge on any atom is -0.399 e. The molecule has 0 aromatic heterocycles. The highest BCUT2D eigenvalue weighted by Crippen LogP contribution is 2.43. The summed E-state index contributed by atoms with van der Waals surface area (Å²) < 4.78 is 0. The van der Waals surface area contributed by atoms with Crippen LogP contribution in [0.25, 0.3) is 11.1 Å². The minimum atomic E-state index is 0.376. The Kier molecular flexibility index (Phi) is 4.52. The molecule has 0 heterocycles. The first-order valence-corrected chi connectivity index (χ1v) is 7.18. The molecular formula is C14H11Cl4N. The number of nitrogen functional groups attached to an aromatic ring is 1. The van der Waals surface area contributed by atoms with Crippen molar-refractivity contribution in [3.63, 3.8) is 0 Å². The molecule has 0 radical (unpaired) electrons. The molecule has 19 heavy (non-hydrogen) atoms. The van der Waals surface area contributed by atoms with Gasteiger partial charge in [-0.1, -0.05) is 59.4 Å². The lowest BCUT2D eigenvalue weighted by Crippen LogP contribution is -1.94. The normalized spacial score (nSPS) is 10.8. The van der Waals surface area contributed by atoms with Crippen LogP contribution in [0.1, 0.15) is 12.5 Å². The van der Waals surface area contributed by atoms with Gasteiger partial charge >= 0.3 is 0 Å². The van der Waals surface area contributed by atoms with Crippen molar-refractivity contribution in [2.24, 2.45) is 0 Å². The fourth-order valence-electron chi connectivity index (χ4n) is 1.89. The second-order valence-corrected chi connectivity index (χ2v) is 5.68. The summed E-state index contributed by atoms with van der Waals surface area (Å²) in [6.45, 7) is 2.03. The van der Waals surface area contributed by atoms with Gasteiger partial charge in [-0.2, -0.15) is 0 Å². The van der Waals surface area contributed by atoms with Crippen LogP contribution in [-0.2, 0) is 6.42 Å². The maximum atomic E-state index is 6.23. The molecular weight excluding hydrogens is 324 g/mol. The molecule has 100 valence electrons. The lowest BCUT2D eigenvalue weighted by molar-refractivity contribution is 1.15. The second kappa shape index (κ2) is 5.80. The highest BCUT2D eigenvalue weighted by molar-refractivity contribution is 6.50. The summed E-state index contributed by atoms with van der Waals surface area (Å²) in [6.07, 6.45) is 0.823. The fraction of sp³-hybridized carbons (Fsp3) is 0.143. The number of hydrogen-bond donors (Lipinski definition) is 1. The largest absolute Gasteiger partial charge is 0.399 e. The van der Waals surface area contributed by atoms with Crippen molar-refractivity contribution in [3.8, 4) is 11.1 Å². The first kappa shape index (κ1) is 14.8. The van der Waals surface area contributed by atoms with Gasteiger partial charge < -0.3 is 5.73 Å². The molecule has 0 bridgehead atoms. The molecule has 0 fully saturated rings. The van der Waals surface area contributed by atoms with Gasteiger partial charge in [-0.15, -0.1) is 0 Å². The first-order valence-electron chi connectivity index (χ1n) is 5.67. The van der Waals surface area contributed by atoms with Crippen LogP contribution in [-0.4, -0.2) is 0 Å². The van der Waals surface area contributed by atoms with E-state index >= 15 is 0 Å². The van der Waals surface area contributed by atoms with E-state index in [9.17, 15) is 0 Å². The minimum absolute atomic E-state index is 0.376. The van der Waals surface area contributed by atoms with Crippen LogP contribution in [0.15, 0.2) is 24.3 Å². The third-order valence-corrected chi connectivity index (χ3v) is 4.50. The van der Waals surface area contributed by atoms with E-state index in [4.69, 9.17) is 52.1 Å². The van der Waals surface area contributed by atoms with Gasteiger partial charge in [0.2, 0.25) is 0 Å². The van der Waals surface area contributed by atoms with Gasteiger partial charge in [0.05, 0.1) is 20.1 Å². The molecule has 0 aliphatic carbocycles. The highest BCUT2D eigenvalue weighted by Gasteiger charge is 2.16. The van der Waals surface area contributed by atoms with E-state index < -0.39 is 0 Å². The molecule has 0 saturated carbocycles. The Morgan fingerprint density at radius 2 is 1.53 bits per heavy atom. The van der Waals surface area contributed by atoms with Crippen LogP contribution >= 0.6 is 46.4 Å². The highest BCUT2D eigenvalue weighted by atomic mass is 35.5. The maximum Gasteiger partial charge on any atom is 0.0686 e. The monoisotopic (exact) mass is 333 g/mol. The molecule has 0 unspecified atom stereocenters. The molecule has 5 heteroatoms. The van der Waals surface area contributed by atoms with Gasteiger partial charge in [-0.25, -0.2) is 0 Å². The summed E-state index contributed by atoms with van der Waals surface area (Å²) in [5.74, 6) is 0. The molecule has 0 aliphatic rings. The zero-order valence-corrected chi connectivity index (χ0v) is 13.1. The Morgan fingerprint density at radius 3 is 2.05 bits per heavy atom. The lowest BCUT2D eigenvalue weighted by Gasteiger charge is -2.12. The van der Waals surface area contributed by atoms with Gasteiger partial charge in [0.15, 0.2) is 0 Å². The van der Waals surface area contributed by atoms with E-state index in [1.165, 1.54) is 6.07 Å². The summed E-state index contributed by atoms with van der Waals surface area (Å²) >= 11 is 24.6. The van der Waals surface area contributed by atoms with E-state index in [-0.39, 0.29) is 0 Å². The van der Waals surface area contributed by atoms with E-state index in [1.807, 2.05) is 25.1 Å². The Bertz CT molecular complexity index is 612. The van der Waals surface area contributed by atoms with Gasteiger partial charge in [0.1, 0.15) is 0 Å². The smallest absolute Gasteiger partial charge is 0.0686 e. The van der Waals surface area contributed by atoms with Crippen molar-refractivity contribution in [2.75, 3.05) is 5.73 Å². The SMILES string of the molecule is CCc1cc(-c2c(Cl)c(Cl)cc(Cl)c2Cl)ccc1N. The molecule has 0 atom stereocenters. The topological polar surface area (TPSA) is 26.0 Å². The average Bonchev–Trinajstić information content (AvgIpc) is 2.38. The number of hydrogen-bond acceptors (Lipinski definition) is 1. The van der Waals surface area contributed by atoms with Crippen LogP contribution in [0.2, 0.25) is 20.1 Å². The number of aryl methyl sites for hydroxylation is 1. The molecule has 1 nitrogen and oxygen atoms in total. The number of benzene rings is 2. The molecule has 0 spiro atoms. The fourth-order valence-corrected chi connectivity index (χ4v) is 2.92. The van der Waals surface area contributed by atoms with Crippen molar-refractivity contribution in [1.29, 1.82) is 0 Å². The molecule has 2 aromatic carbocycles. The molecule has 0 aliphatic heterocycles. The van der Waals surface area contributed by atoms with Crippen LogP contribution in [0.5, 0.6) is 0 Å². The molecule has 2 rings (SSSR count). The number of nitrogens with two attached hydrogens (primary N) is 1. The Hall–Kier alpha value is -0.600. The van der Waals surface area contributed by atoms with E-state index in [0.717, 1.165) is 23.2 Å². The molecule has 2 aromatic rings. The Morgan fingerprint density at radius 1 is 0.947 bits per heavy atom. The quantitative estimate of drug-likeness (QED) is 0.520. The lowest BCUT2D eigenvalue weighted by atomic mass is 10.0. The molecule has 0 amide bonds. The van der Waals surface area contributed by atoms with Crippen molar-refractivity contribution < 1.29 is 0 Å². The van der Waals surface area contributed by atoms with Crippen molar-refractivity contribution in [2.45, 2.75) is 13.3 Å². The zero-order valence-electron chi connectivity index (χ0n) is 10.1. The number of anilines is 1. The standard InChI is InChI=1S/C14H11Cl4N/c1-2-7-5-8(3-4-11(7)19)12-13(17)9(15)6-10(16)14(12)18/h3-6H,2,19H2,1H3. The summed E-state index contributed by atoms with van der Waals surface area (Å²) in [6, 6.07) is 7.17. The Labute approximate surface area is 132 Å². The van der Waals surface area contributed by atoms with Gasteiger partial charge in [-0.05, 0) is 35.7 Å². The zero-order chi connectivity index (χ0) is 14.2. The molecule has 0 saturated heterocycles. The van der Waals surface area contributed by atoms with E-state index in [0.29, 0.717) is 25.7 Å². The summed E-state index contributed by atoms with van der Waals surface area (Å²) in [7, 11) is 0. The second-order valence-electron chi connectivity index (χ2n) is 4.11. The third kappa shape index (κ3) is 2.80. The van der Waals surface area contributed by atoms with Crippen molar-refractivity contribution >= 4 is 52.1 Å². The summed E-state index contributed by atoms with van der Waals surface area (Å²) in [5.41, 5.74) is 9.15. The number of halogens is 4. The Balaban J connectivity index is 2.72. The van der Waals surface area contributed by atoms with E-state index in [2.05, 4.69) is 0 Å². The maximum absolute atomic E-state index is 6.23. The van der Waals surface area contributed by atoms with Crippen LogP contribution in [0.4, 0.5) is 5.69 Å². The summed E-state index contributed by atoms with van der Waals surface area (Å²) in [4.78, 5) is 0. The van der Waals surface area contributed by atoms with Crippen molar-refractivity contribution in [1.82, 2.24) is 0 Å². The van der Waals surface area contributed by atoms with E-state index in [1.54, 1.807) is 0 Å². The van der Waals surface area contributed by atoms with Crippen LogP contribution in [0, 0.1) is 0 Å². The van der Waals surface area contributed by atoms with Gasteiger partial charge in [-0.3, -0.25) is 0 Å².